The Hall–Kier alpha value is -2.50. The van der Waals surface area contributed by atoms with Crippen molar-refractivity contribution in [2.45, 2.75) is 24.2 Å². The minimum absolute atomic E-state index is 0.00283. The standard InChI is InChI=1S/C14H8F6O5S/c1-7-2-10(6-12(21)24-7)25-26(22,23)11-4-8(13(15,16)17)3-9(5-11)14(18,19)20/h2-6H,1H3. The number of benzene rings is 1. The molecule has 1 aromatic carbocycles. The van der Waals surface area contributed by atoms with Gasteiger partial charge in [0, 0.05) is 6.07 Å². The number of rotatable bonds is 3. The number of hydrogen-bond donors (Lipinski definition) is 0. The second-order valence-corrected chi connectivity index (χ2v) is 6.55. The Bertz CT molecular complexity index is 956. The minimum atomic E-state index is -5.23. The Kier molecular flexibility index (Phi) is 4.83. The molecule has 0 amide bonds. The first-order valence-electron chi connectivity index (χ1n) is 6.54. The predicted molar refractivity (Wildman–Crippen MR) is 74.0 cm³/mol. The van der Waals surface area contributed by atoms with Crippen LogP contribution in [0.2, 0.25) is 0 Å². The van der Waals surface area contributed by atoms with Crippen LogP contribution in [0.3, 0.4) is 0 Å². The van der Waals surface area contributed by atoms with Crippen LogP contribution in [0.15, 0.2) is 44.4 Å². The maximum absolute atomic E-state index is 12.8. The fourth-order valence-electron chi connectivity index (χ4n) is 1.87. The van der Waals surface area contributed by atoms with Crippen molar-refractivity contribution >= 4 is 10.1 Å². The van der Waals surface area contributed by atoms with Gasteiger partial charge in [-0.1, -0.05) is 0 Å². The van der Waals surface area contributed by atoms with Gasteiger partial charge in [0.2, 0.25) is 0 Å². The second-order valence-electron chi connectivity index (χ2n) is 5.00. The Balaban J connectivity index is 2.59. The molecular formula is C14H8F6O5S. The van der Waals surface area contributed by atoms with Crippen LogP contribution in [0.4, 0.5) is 26.3 Å². The highest BCUT2D eigenvalue weighted by atomic mass is 32.2. The van der Waals surface area contributed by atoms with Gasteiger partial charge in [-0.15, -0.1) is 0 Å². The highest BCUT2D eigenvalue weighted by molar-refractivity contribution is 7.87. The lowest BCUT2D eigenvalue weighted by molar-refractivity contribution is -0.143. The predicted octanol–water partition coefficient (Wildman–Crippen LogP) is 3.75. The third-order valence-corrected chi connectivity index (χ3v) is 4.15. The zero-order valence-electron chi connectivity index (χ0n) is 12.6. The van der Waals surface area contributed by atoms with E-state index in [-0.39, 0.29) is 24.0 Å². The van der Waals surface area contributed by atoms with E-state index in [1.807, 2.05) is 0 Å². The molecular weight excluding hydrogens is 394 g/mol. The molecule has 0 aliphatic carbocycles. The largest absolute Gasteiger partial charge is 0.428 e. The van der Waals surface area contributed by atoms with E-state index in [2.05, 4.69) is 8.60 Å². The minimum Gasteiger partial charge on any atom is -0.428 e. The Morgan fingerprint density at radius 3 is 1.81 bits per heavy atom. The quantitative estimate of drug-likeness (QED) is 0.578. The number of aryl methyl sites for hydroxylation is 1. The molecule has 0 saturated carbocycles. The molecule has 26 heavy (non-hydrogen) atoms. The van der Waals surface area contributed by atoms with Crippen LogP contribution in [0.5, 0.6) is 5.75 Å². The van der Waals surface area contributed by atoms with E-state index in [4.69, 9.17) is 0 Å². The molecule has 1 aromatic heterocycles. The highest BCUT2D eigenvalue weighted by Crippen LogP contribution is 2.37. The Labute approximate surface area is 141 Å². The maximum atomic E-state index is 12.8. The number of halogens is 6. The van der Waals surface area contributed by atoms with E-state index in [1.165, 1.54) is 6.92 Å². The van der Waals surface area contributed by atoms with Crippen molar-refractivity contribution in [1.82, 2.24) is 0 Å². The van der Waals surface area contributed by atoms with Gasteiger partial charge in [-0.05, 0) is 25.1 Å². The highest BCUT2D eigenvalue weighted by Gasteiger charge is 2.38. The molecule has 2 aromatic rings. The first-order chi connectivity index (χ1) is 11.7. The van der Waals surface area contributed by atoms with Crippen molar-refractivity contribution < 1.29 is 43.4 Å². The van der Waals surface area contributed by atoms with E-state index < -0.39 is 49.9 Å². The van der Waals surface area contributed by atoms with Crippen LogP contribution in [-0.2, 0) is 22.5 Å². The van der Waals surface area contributed by atoms with Crippen LogP contribution in [-0.4, -0.2) is 8.42 Å². The van der Waals surface area contributed by atoms with Crippen LogP contribution in [0, 0.1) is 6.92 Å². The van der Waals surface area contributed by atoms with Crippen molar-refractivity contribution in [2.24, 2.45) is 0 Å². The van der Waals surface area contributed by atoms with Gasteiger partial charge in [0.1, 0.15) is 10.7 Å². The zero-order valence-corrected chi connectivity index (χ0v) is 13.4. The smallest absolute Gasteiger partial charge is 0.416 e. The average Bonchev–Trinajstić information content (AvgIpc) is 2.43. The third-order valence-electron chi connectivity index (χ3n) is 2.92. The summed E-state index contributed by atoms with van der Waals surface area (Å²) in [7, 11) is -5.09. The number of hydrogen-bond acceptors (Lipinski definition) is 5. The summed E-state index contributed by atoms with van der Waals surface area (Å²) in [6, 6.07) is 1.28. The molecule has 12 heteroatoms. The summed E-state index contributed by atoms with van der Waals surface area (Å²) in [6.45, 7) is 1.26. The van der Waals surface area contributed by atoms with Gasteiger partial charge in [-0.2, -0.15) is 34.8 Å². The molecule has 5 nitrogen and oxygen atoms in total. The lowest BCUT2D eigenvalue weighted by atomic mass is 10.1. The molecule has 0 aliphatic heterocycles. The van der Waals surface area contributed by atoms with Gasteiger partial charge >= 0.3 is 28.1 Å². The third kappa shape index (κ3) is 4.56. The molecule has 2 rings (SSSR count). The molecule has 142 valence electrons. The summed E-state index contributed by atoms with van der Waals surface area (Å²) >= 11 is 0. The van der Waals surface area contributed by atoms with Crippen molar-refractivity contribution in [3.8, 4) is 5.75 Å². The topological polar surface area (TPSA) is 73.6 Å². The number of alkyl halides is 6. The van der Waals surface area contributed by atoms with Crippen molar-refractivity contribution in [3.63, 3.8) is 0 Å². The van der Waals surface area contributed by atoms with E-state index in [1.54, 1.807) is 0 Å². The monoisotopic (exact) mass is 402 g/mol. The summed E-state index contributed by atoms with van der Waals surface area (Å²) in [5.41, 5.74) is -4.66. The second kappa shape index (κ2) is 6.34. The Morgan fingerprint density at radius 1 is 0.885 bits per heavy atom. The fourth-order valence-corrected chi connectivity index (χ4v) is 2.86. The summed E-state index contributed by atoms with van der Waals surface area (Å²) in [5, 5.41) is 0. The van der Waals surface area contributed by atoms with Gasteiger partial charge in [0.05, 0.1) is 17.2 Å². The van der Waals surface area contributed by atoms with E-state index in [9.17, 15) is 39.6 Å². The molecule has 0 atom stereocenters. The van der Waals surface area contributed by atoms with Gasteiger partial charge in [-0.25, -0.2) is 4.79 Å². The summed E-state index contributed by atoms with van der Waals surface area (Å²) in [5.74, 6) is -0.701. The SMILES string of the molecule is Cc1cc(OS(=O)(=O)c2cc(C(F)(F)F)cc(C(F)(F)F)c2)cc(=O)o1. The zero-order chi connectivity index (χ0) is 19.9. The van der Waals surface area contributed by atoms with Gasteiger partial charge in [-0.3, -0.25) is 0 Å². The van der Waals surface area contributed by atoms with Gasteiger partial charge in [0.25, 0.3) is 0 Å². The first kappa shape index (κ1) is 19.8. The lowest BCUT2D eigenvalue weighted by Gasteiger charge is -2.14. The van der Waals surface area contributed by atoms with Crippen molar-refractivity contribution in [2.75, 3.05) is 0 Å². The Morgan fingerprint density at radius 2 is 1.38 bits per heavy atom. The van der Waals surface area contributed by atoms with Crippen molar-refractivity contribution in [3.05, 3.63) is 57.6 Å². The first-order valence-corrected chi connectivity index (χ1v) is 7.95. The molecule has 0 spiro atoms. The summed E-state index contributed by atoms with van der Waals surface area (Å²) in [4.78, 5) is 9.80. The summed E-state index contributed by atoms with van der Waals surface area (Å²) in [6.07, 6.45) is -10.5. The van der Waals surface area contributed by atoms with Crippen molar-refractivity contribution in [1.29, 1.82) is 0 Å². The van der Waals surface area contributed by atoms with E-state index in [0.29, 0.717) is 6.07 Å². The molecule has 0 fully saturated rings. The molecule has 0 aliphatic rings. The molecule has 0 unspecified atom stereocenters. The average molecular weight is 402 g/mol. The molecule has 0 saturated heterocycles. The fraction of sp³-hybridized carbons (Fsp3) is 0.214. The van der Waals surface area contributed by atoms with Crippen LogP contribution >= 0.6 is 0 Å². The maximum Gasteiger partial charge on any atom is 0.416 e. The summed E-state index contributed by atoms with van der Waals surface area (Å²) < 4.78 is 110. The molecule has 0 N–H and O–H groups in total. The van der Waals surface area contributed by atoms with E-state index in [0.717, 1.165) is 6.07 Å². The van der Waals surface area contributed by atoms with Crippen LogP contribution < -0.4 is 9.81 Å². The van der Waals surface area contributed by atoms with Crippen LogP contribution in [0.25, 0.3) is 0 Å². The van der Waals surface area contributed by atoms with Crippen LogP contribution in [0.1, 0.15) is 16.9 Å². The van der Waals surface area contributed by atoms with Gasteiger partial charge < -0.3 is 8.60 Å². The molecule has 1 heterocycles. The van der Waals surface area contributed by atoms with E-state index >= 15 is 0 Å². The molecule has 0 bridgehead atoms. The van der Waals surface area contributed by atoms with Gasteiger partial charge in [0.15, 0.2) is 5.75 Å². The lowest BCUT2D eigenvalue weighted by Crippen LogP contribution is -2.16. The normalized spacial score (nSPS) is 12.9. The molecule has 0 radical (unpaired) electrons.